The van der Waals surface area contributed by atoms with Crippen LogP contribution in [0.1, 0.15) is 19.4 Å². The van der Waals surface area contributed by atoms with Gasteiger partial charge in [-0.15, -0.1) is 0 Å². The number of likely N-dealkylation sites (tertiary alicyclic amines) is 1. The van der Waals surface area contributed by atoms with E-state index in [1.165, 1.54) is 18.7 Å². The Hall–Kier alpha value is -0.860. The summed E-state index contributed by atoms with van der Waals surface area (Å²) in [7, 11) is 0. The van der Waals surface area contributed by atoms with Crippen LogP contribution >= 0.6 is 0 Å². The predicted octanol–water partition coefficient (Wildman–Crippen LogP) is 1.87. The smallest absolute Gasteiger partial charge is 0.0325 e. The maximum absolute atomic E-state index is 3.58. The van der Waals surface area contributed by atoms with E-state index in [1.54, 1.807) is 0 Å². The second kappa shape index (κ2) is 4.77. The fraction of sp³-hybridized carbons (Fsp3) is 0.538. The Morgan fingerprint density at radius 1 is 1.27 bits per heavy atom. The van der Waals surface area contributed by atoms with Gasteiger partial charge < -0.3 is 5.32 Å². The molecule has 82 valence electrons. The SMILES string of the molecule is CC(C)N1CC(NCc2ccccc2)C1. The van der Waals surface area contributed by atoms with Crippen molar-refractivity contribution in [3.05, 3.63) is 35.9 Å². The minimum absolute atomic E-state index is 0.688. The Kier molecular flexibility index (Phi) is 3.39. The first-order chi connectivity index (χ1) is 7.25. The molecular weight excluding hydrogens is 184 g/mol. The van der Waals surface area contributed by atoms with Crippen LogP contribution in [0.15, 0.2) is 30.3 Å². The number of hydrogen-bond acceptors (Lipinski definition) is 2. The third-order valence-corrected chi connectivity index (χ3v) is 3.08. The van der Waals surface area contributed by atoms with E-state index in [0.717, 1.165) is 6.54 Å². The van der Waals surface area contributed by atoms with Crippen molar-refractivity contribution in [3.63, 3.8) is 0 Å². The van der Waals surface area contributed by atoms with Gasteiger partial charge in [-0.25, -0.2) is 0 Å². The molecule has 2 heteroatoms. The van der Waals surface area contributed by atoms with Crippen LogP contribution in [0.3, 0.4) is 0 Å². The molecule has 0 amide bonds. The van der Waals surface area contributed by atoms with Gasteiger partial charge in [-0.3, -0.25) is 4.90 Å². The molecule has 2 nitrogen and oxygen atoms in total. The Morgan fingerprint density at radius 3 is 2.53 bits per heavy atom. The molecular formula is C13H20N2. The highest BCUT2D eigenvalue weighted by Gasteiger charge is 2.27. The average Bonchev–Trinajstić information content (AvgIpc) is 2.16. The van der Waals surface area contributed by atoms with Crippen molar-refractivity contribution in [1.29, 1.82) is 0 Å². The van der Waals surface area contributed by atoms with Gasteiger partial charge in [-0.2, -0.15) is 0 Å². The summed E-state index contributed by atoms with van der Waals surface area (Å²) in [5.41, 5.74) is 1.38. The van der Waals surface area contributed by atoms with Gasteiger partial charge in [-0.1, -0.05) is 30.3 Å². The normalized spacial score (nSPS) is 18.1. The predicted molar refractivity (Wildman–Crippen MR) is 63.8 cm³/mol. The Bertz CT molecular complexity index is 289. The highest BCUT2D eigenvalue weighted by molar-refractivity contribution is 5.14. The fourth-order valence-electron chi connectivity index (χ4n) is 1.92. The summed E-state index contributed by atoms with van der Waals surface area (Å²) < 4.78 is 0. The molecule has 0 aromatic heterocycles. The van der Waals surface area contributed by atoms with Gasteiger partial charge in [0.2, 0.25) is 0 Å². The lowest BCUT2D eigenvalue weighted by Gasteiger charge is -2.42. The lowest BCUT2D eigenvalue weighted by atomic mass is 10.1. The number of nitrogens with one attached hydrogen (secondary N) is 1. The molecule has 0 spiro atoms. The van der Waals surface area contributed by atoms with Crippen LogP contribution in [0.25, 0.3) is 0 Å². The molecule has 0 aliphatic carbocycles. The molecule has 1 aromatic rings. The van der Waals surface area contributed by atoms with E-state index in [9.17, 15) is 0 Å². The van der Waals surface area contributed by atoms with Crippen molar-refractivity contribution in [3.8, 4) is 0 Å². The first-order valence-corrected chi connectivity index (χ1v) is 5.77. The number of nitrogens with zero attached hydrogens (tertiary/aromatic N) is 1. The number of hydrogen-bond donors (Lipinski definition) is 1. The average molecular weight is 204 g/mol. The minimum Gasteiger partial charge on any atom is -0.307 e. The minimum atomic E-state index is 0.688. The van der Waals surface area contributed by atoms with Gasteiger partial charge in [0.15, 0.2) is 0 Å². The third kappa shape index (κ3) is 2.80. The zero-order chi connectivity index (χ0) is 10.7. The summed E-state index contributed by atoms with van der Waals surface area (Å²) in [6.45, 7) is 7.91. The third-order valence-electron chi connectivity index (χ3n) is 3.08. The topological polar surface area (TPSA) is 15.3 Å². The summed E-state index contributed by atoms with van der Waals surface area (Å²) in [4.78, 5) is 2.49. The summed E-state index contributed by atoms with van der Waals surface area (Å²) in [6, 6.07) is 12.0. The maximum atomic E-state index is 3.58. The highest BCUT2D eigenvalue weighted by atomic mass is 15.3. The fourth-order valence-corrected chi connectivity index (χ4v) is 1.92. The van der Waals surface area contributed by atoms with Crippen molar-refractivity contribution in [2.45, 2.75) is 32.5 Å². The van der Waals surface area contributed by atoms with Gasteiger partial charge in [0.1, 0.15) is 0 Å². The van der Waals surface area contributed by atoms with E-state index in [-0.39, 0.29) is 0 Å². The van der Waals surface area contributed by atoms with Crippen LogP contribution in [0.2, 0.25) is 0 Å². The van der Waals surface area contributed by atoms with Gasteiger partial charge in [0.25, 0.3) is 0 Å². The van der Waals surface area contributed by atoms with Crippen LogP contribution in [0.4, 0.5) is 0 Å². The molecule has 0 atom stereocenters. The standard InChI is InChI=1S/C13H20N2/c1-11(2)15-9-13(10-15)14-8-12-6-4-3-5-7-12/h3-7,11,13-14H,8-10H2,1-2H3. The Balaban J connectivity index is 1.69. The summed E-state index contributed by atoms with van der Waals surface area (Å²) in [5, 5.41) is 3.58. The molecule has 0 saturated carbocycles. The number of rotatable bonds is 4. The quantitative estimate of drug-likeness (QED) is 0.805. The van der Waals surface area contributed by atoms with Crippen LogP contribution in [0.5, 0.6) is 0 Å². The van der Waals surface area contributed by atoms with Gasteiger partial charge in [-0.05, 0) is 19.4 Å². The summed E-state index contributed by atoms with van der Waals surface area (Å²) in [6.07, 6.45) is 0. The highest BCUT2D eigenvalue weighted by Crippen LogP contribution is 2.12. The molecule has 1 saturated heterocycles. The van der Waals surface area contributed by atoms with E-state index in [1.807, 2.05) is 0 Å². The molecule has 15 heavy (non-hydrogen) atoms. The molecule has 1 aromatic carbocycles. The Morgan fingerprint density at radius 2 is 1.93 bits per heavy atom. The van der Waals surface area contributed by atoms with Crippen LogP contribution in [0, 0.1) is 0 Å². The van der Waals surface area contributed by atoms with Crippen molar-refractivity contribution in [2.24, 2.45) is 0 Å². The number of benzene rings is 1. The van der Waals surface area contributed by atoms with E-state index in [4.69, 9.17) is 0 Å². The van der Waals surface area contributed by atoms with Crippen molar-refractivity contribution in [2.75, 3.05) is 13.1 Å². The summed E-state index contributed by atoms with van der Waals surface area (Å²) >= 11 is 0. The Labute approximate surface area is 92.3 Å². The molecule has 0 bridgehead atoms. The van der Waals surface area contributed by atoms with Crippen LogP contribution in [-0.2, 0) is 6.54 Å². The second-order valence-electron chi connectivity index (χ2n) is 4.61. The van der Waals surface area contributed by atoms with Crippen molar-refractivity contribution >= 4 is 0 Å². The zero-order valence-corrected chi connectivity index (χ0v) is 9.61. The van der Waals surface area contributed by atoms with Crippen LogP contribution < -0.4 is 5.32 Å². The van der Waals surface area contributed by atoms with Gasteiger partial charge in [0.05, 0.1) is 0 Å². The second-order valence-corrected chi connectivity index (χ2v) is 4.61. The molecule has 1 N–H and O–H groups in total. The molecule has 1 heterocycles. The van der Waals surface area contributed by atoms with Gasteiger partial charge in [0, 0.05) is 31.7 Å². The molecule has 1 aliphatic rings. The molecule has 1 fully saturated rings. The molecule has 2 rings (SSSR count). The molecule has 0 unspecified atom stereocenters. The van der Waals surface area contributed by atoms with Gasteiger partial charge >= 0.3 is 0 Å². The van der Waals surface area contributed by atoms with Crippen LogP contribution in [-0.4, -0.2) is 30.1 Å². The maximum Gasteiger partial charge on any atom is 0.0325 e. The van der Waals surface area contributed by atoms with E-state index < -0.39 is 0 Å². The zero-order valence-electron chi connectivity index (χ0n) is 9.61. The van der Waals surface area contributed by atoms with E-state index in [0.29, 0.717) is 12.1 Å². The lowest BCUT2D eigenvalue weighted by molar-refractivity contribution is 0.0913. The van der Waals surface area contributed by atoms with E-state index >= 15 is 0 Å². The molecule has 1 aliphatic heterocycles. The van der Waals surface area contributed by atoms with Crippen molar-refractivity contribution in [1.82, 2.24) is 10.2 Å². The first-order valence-electron chi connectivity index (χ1n) is 5.77. The largest absolute Gasteiger partial charge is 0.307 e. The van der Waals surface area contributed by atoms with E-state index in [2.05, 4.69) is 54.4 Å². The first kappa shape index (κ1) is 10.7. The lowest BCUT2D eigenvalue weighted by Crippen LogP contribution is -2.59. The summed E-state index contributed by atoms with van der Waals surface area (Å²) in [5.74, 6) is 0. The molecule has 0 radical (unpaired) electrons. The van der Waals surface area contributed by atoms with Crippen molar-refractivity contribution < 1.29 is 0 Å². The monoisotopic (exact) mass is 204 g/mol.